The number of nitrogens with one attached hydrogen (secondary N) is 1. The highest BCUT2D eigenvalue weighted by atomic mass is 16.4. The second kappa shape index (κ2) is 5.69. The van der Waals surface area contributed by atoms with Crippen LogP contribution >= 0.6 is 0 Å². The van der Waals surface area contributed by atoms with E-state index in [-0.39, 0.29) is 30.3 Å². The van der Waals surface area contributed by atoms with Gasteiger partial charge in [0.15, 0.2) is 0 Å². The lowest BCUT2D eigenvalue weighted by Crippen LogP contribution is -2.48. The number of carboxylic acid groups (broad SMARTS) is 1. The van der Waals surface area contributed by atoms with E-state index in [1.54, 1.807) is 6.92 Å². The minimum absolute atomic E-state index is 0.143. The molecule has 0 heterocycles. The van der Waals surface area contributed by atoms with Crippen molar-refractivity contribution in [3.8, 4) is 0 Å². The molecule has 5 heteroatoms. The van der Waals surface area contributed by atoms with Crippen LogP contribution in [0.1, 0.15) is 46.5 Å². The highest BCUT2D eigenvalue weighted by molar-refractivity contribution is 5.80. The lowest BCUT2D eigenvalue weighted by molar-refractivity contribution is -0.149. The largest absolute Gasteiger partial charge is 0.481 e. The third-order valence-corrected chi connectivity index (χ3v) is 4.06. The Morgan fingerprint density at radius 3 is 2.61 bits per heavy atom. The Morgan fingerprint density at radius 2 is 2.11 bits per heavy atom. The van der Waals surface area contributed by atoms with E-state index in [0.29, 0.717) is 6.42 Å². The second-order valence-electron chi connectivity index (χ2n) is 5.85. The van der Waals surface area contributed by atoms with Crippen molar-refractivity contribution < 1.29 is 14.7 Å². The van der Waals surface area contributed by atoms with Gasteiger partial charge >= 0.3 is 5.97 Å². The summed E-state index contributed by atoms with van der Waals surface area (Å²) >= 11 is 0. The molecule has 5 nitrogen and oxygen atoms in total. The first-order chi connectivity index (χ1) is 8.27. The molecule has 4 N–H and O–H groups in total. The van der Waals surface area contributed by atoms with E-state index < -0.39 is 11.4 Å². The highest BCUT2D eigenvalue weighted by Crippen LogP contribution is 2.38. The highest BCUT2D eigenvalue weighted by Gasteiger charge is 2.45. The molecule has 0 radical (unpaired) electrons. The predicted molar refractivity (Wildman–Crippen MR) is 69.0 cm³/mol. The number of aliphatic carboxylic acids is 1. The molecule has 0 aromatic carbocycles. The second-order valence-corrected chi connectivity index (χ2v) is 5.85. The fourth-order valence-corrected chi connectivity index (χ4v) is 2.36. The van der Waals surface area contributed by atoms with Gasteiger partial charge in [-0.3, -0.25) is 9.59 Å². The quantitative estimate of drug-likeness (QED) is 0.687. The standard InChI is InChI=1S/C13H24N2O3/c1-8(2)9(14)7-11(16)15-10-5-4-6-13(10,3)12(17)18/h8-10H,4-7,14H2,1-3H3,(H,15,16)(H,17,18). The van der Waals surface area contributed by atoms with Crippen molar-refractivity contribution in [3.63, 3.8) is 0 Å². The van der Waals surface area contributed by atoms with Crippen molar-refractivity contribution in [2.45, 2.75) is 58.5 Å². The third-order valence-electron chi connectivity index (χ3n) is 4.06. The van der Waals surface area contributed by atoms with Crippen LogP contribution in [0.15, 0.2) is 0 Å². The van der Waals surface area contributed by atoms with Gasteiger partial charge in [0, 0.05) is 18.5 Å². The van der Waals surface area contributed by atoms with E-state index >= 15 is 0 Å². The summed E-state index contributed by atoms with van der Waals surface area (Å²) in [5.41, 5.74) is 5.01. The van der Waals surface area contributed by atoms with Crippen molar-refractivity contribution in [2.75, 3.05) is 0 Å². The van der Waals surface area contributed by atoms with E-state index in [0.717, 1.165) is 12.8 Å². The summed E-state index contributed by atoms with van der Waals surface area (Å²) in [6.07, 6.45) is 2.43. The molecule has 1 saturated carbocycles. The maximum Gasteiger partial charge on any atom is 0.311 e. The molecule has 0 aromatic rings. The smallest absolute Gasteiger partial charge is 0.311 e. The lowest BCUT2D eigenvalue weighted by Gasteiger charge is -2.28. The Morgan fingerprint density at radius 1 is 1.50 bits per heavy atom. The maximum atomic E-state index is 11.8. The summed E-state index contributed by atoms with van der Waals surface area (Å²) in [7, 11) is 0. The van der Waals surface area contributed by atoms with Gasteiger partial charge in [-0.2, -0.15) is 0 Å². The fourth-order valence-electron chi connectivity index (χ4n) is 2.36. The molecule has 3 unspecified atom stereocenters. The normalized spacial score (nSPS) is 29.3. The Balaban J connectivity index is 2.57. The molecule has 3 atom stereocenters. The molecule has 1 aliphatic carbocycles. The van der Waals surface area contributed by atoms with E-state index in [1.807, 2.05) is 13.8 Å². The van der Waals surface area contributed by atoms with E-state index in [9.17, 15) is 14.7 Å². The van der Waals surface area contributed by atoms with Crippen LogP contribution in [-0.2, 0) is 9.59 Å². The van der Waals surface area contributed by atoms with Gasteiger partial charge in [-0.1, -0.05) is 20.3 Å². The van der Waals surface area contributed by atoms with Crippen LogP contribution in [-0.4, -0.2) is 29.1 Å². The SMILES string of the molecule is CC(C)C(N)CC(=O)NC1CCCC1(C)C(=O)O. The van der Waals surface area contributed by atoms with Crippen LogP contribution in [0.25, 0.3) is 0 Å². The molecule has 0 aromatic heterocycles. The zero-order valence-electron chi connectivity index (χ0n) is 11.4. The predicted octanol–water partition coefficient (Wildman–Crippen LogP) is 1.12. The Labute approximate surface area is 108 Å². The number of carbonyl (C=O) groups excluding carboxylic acids is 1. The van der Waals surface area contributed by atoms with Crippen molar-refractivity contribution in [2.24, 2.45) is 17.1 Å². The lowest BCUT2D eigenvalue weighted by atomic mass is 9.84. The van der Waals surface area contributed by atoms with Crippen molar-refractivity contribution >= 4 is 11.9 Å². The number of hydrogen-bond donors (Lipinski definition) is 3. The summed E-state index contributed by atoms with van der Waals surface area (Å²) in [4.78, 5) is 23.1. The molecule has 0 aliphatic heterocycles. The molecule has 1 amide bonds. The number of hydrogen-bond acceptors (Lipinski definition) is 3. The molecule has 0 bridgehead atoms. The van der Waals surface area contributed by atoms with Crippen LogP contribution in [0.5, 0.6) is 0 Å². The first-order valence-corrected chi connectivity index (χ1v) is 6.55. The average molecular weight is 256 g/mol. The van der Waals surface area contributed by atoms with Crippen LogP contribution in [0.4, 0.5) is 0 Å². The minimum atomic E-state index is -0.836. The van der Waals surface area contributed by atoms with E-state index in [1.165, 1.54) is 0 Å². The summed E-state index contributed by atoms with van der Waals surface area (Å²) in [5, 5.41) is 12.1. The van der Waals surface area contributed by atoms with Gasteiger partial charge in [-0.15, -0.1) is 0 Å². The van der Waals surface area contributed by atoms with Crippen LogP contribution in [0.2, 0.25) is 0 Å². The first kappa shape index (κ1) is 15.0. The summed E-state index contributed by atoms with van der Waals surface area (Å²) < 4.78 is 0. The van der Waals surface area contributed by atoms with Crippen molar-refractivity contribution in [3.05, 3.63) is 0 Å². The number of amides is 1. The molecule has 18 heavy (non-hydrogen) atoms. The number of carboxylic acids is 1. The average Bonchev–Trinajstić information content (AvgIpc) is 2.61. The topological polar surface area (TPSA) is 92.4 Å². The zero-order valence-corrected chi connectivity index (χ0v) is 11.4. The molecule has 0 saturated heterocycles. The maximum absolute atomic E-state index is 11.8. The monoisotopic (exact) mass is 256 g/mol. The third kappa shape index (κ3) is 3.22. The summed E-state index contributed by atoms with van der Waals surface area (Å²) in [6, 6.07) is -0.454. The van der Waals surface area contributed by atoms with Crippen LogP contribution < -0.4 is 11.1 Å². The van der Waals surface area contributed by atoms with Crippen molar-refractivity contribution in [1.82, 2.24) is 5.32 Å². The summed E-state index contributed by atoms with van der Waals surface area (Å²) in [6.45, 7) is 5.64. The van der Waals surface area contributed by atoms with Crippen molar-refractivity contribution in [1.29, 1.82) is 0 Å². The van der Waals surface area contributed by atoms with Gasteiger partial charge in [0.1, 0.15) is 0 Å². The Hall–Kier alpha value is -1.10. The molecule has 1 rings (SSSR count). The number of rotatable bonds is 5. The molecule has 1 fully saturated rings. The molecular weight excluding hydrogens is 232 g/mol. The molecule has 1 aliphatic rings. The van der Waals surface area contributed by atoms with Gasteiger partial charge in [-0.25, -0.2) is 0 Å². The molecule has 0 spiro atoms. The van der Waals surface area contributed by atoms with Gasteiger partial charge < -0.3 is 16.2 Å². The van der Waals surface area contributed by atoms with Gasteiger partial charge in [0.05, 0.1) is 5.41 Å². The van der Waals surface area contributed by atoms with Gasteiger partial charge in [0.2, 0.25) is 5.91 Å². The van der Waals surface area contributed by atoms with Crippen LogP contribution in [0, 0.1) is 11.3 Å². The minimum Gasteiger partial charge on any atom is -0.481 e. The van der Waals surface area contributed by atoms with E-state index in [2.05, 4.69) is 5.32 Å². The van der Waals surface area contributed by atoms with E-state index in [4.69, 9.17) is 5.73 Å². The van der Waals surface area contributed by atoms with Crippen LogP contribution in [0.3, 0.4) is 0 Å². The van der Waals surface area contributed by atoms with Gasteiger partial charge in [-0.05, 0) is 25.7 Å². The molecule has 104 valence electrons. The zero-order chi connectivity index (χ0) is 13.9. The fraction of sp³-hybridized carbons (Fsp3) is 0.846. The number of carbonyl (C=O) groups is 2. The Bertz CT molecular complexity index is 330. The number of nitrogens with two attached hydrogens (primary N) is 1. The molecular formula is C13H24N2O3. The Kier molecular flexibility index (Phi) is 4.73. The first-order valence-electron chi connectivity index (χ1n) is 6.55. The summed E-state index contributed by atoms with van der Waals surface area (Å²) in [5.74, 6) is -0.737. The van der Waals surface area contributed by atoms with Gasteiger partial charge in [0.25, 0.3) is 0 Å².